The molecular weight excluding hydrogens is 301 g/mol. The number of benzene rings is 2. The number of hydrogen-bond acceptors (Lipinski definition) is 2. The van der Waals surface area contributed by atoms with Gasteiger partial charge in [0.2, 0.25) is 0 Å². The summed E-state index contributed by atoms with van der Waals surface area (Å²) in [6.07, 6.45) is 0. The van der Waals surface area contributed by atoms with Crippen molar-refractivity contribution in [3.8, 4) is 21.8 Å². The Hall–Kier alpha value is -2.01. The maximum atomic E-state index is 8.82. The van der Waals surface area contributed by atoms with Gasteiger partial charge in [-0.2, -0.15) is 0 Å². The van der Waals surface area contributed by atoms with E-state index in [4.69, 9.17) is 10.00 Å². The molecule has 1 aromatic heterocycles. The summed E-state index contributed by atoms with van der Waals surface area (Å²) in [5, 5.41) is 10.1. The van der Waals surface area contributed by atoms with E-state index in [0.717, 1.165) is 5.75 Å². The molecule has 0 spiro atoms. The molecule has 0 fully saturated rings. The second-order valence-electron chi connectivity index (χ2n) is 4.20. The zero-order valence-electron chi connectivity index (χ0n) is 10.4. The van der Waals surface area contributed by atoms with E-state index in [1.807, 2.05) is 30.3 Å². The predicted octanol–water partition coefficient (Wildman–Crippen LogP) is 3.44. The van der Waals surface area contributed by atoms with Crippen LogP contribution in [-0.4, -0.2) is 21.6 Å². The van der Waals surface area contributed by atoms with Crippen LogP contribution in [0.25, 0.3) is 19.6 Å². The number of rotatable bonds is 2. The SMILES string of the molecule is COc1ccc2cc(-c3ccc(C#N)cc3)[se]c2c1. The van der Waals surface area contributed by atoms with E-state index < -0.39 is 0 Å². The number of methoxy groups -OCH3 is 1. The van der Waals surface area contributed by atoms with E-state index in [0.29, 0.717) is 20.1 Å². The van der Waals surface area contributed by atoms with E-state index in [1.54, 1.807) is 7.11 Å². The zero-order chi connectivity index (χ0) is 13.2. The Labute approximate surface area is 117 Å². The molecule has 0 aliphatic heterocycles. The van der Waals surface area contributed by atoms with Crippen molar-refractivity contribution in [1.82, 2.24) is 0 Å². The van der Waals surface area contributed by atoms with Crippen LogP contribution in [0.5, 0.6) is 5.75 Å². The molecule has 3 aromatic rings. The van der Waals surface area contributed by atoms with Gasteiger partial charge in [0, 0.05) is 0 Å². The minimum absolute atomic E-state index is 0.304. The molecule has 92 valence electrons. The first-order valence-corrected chi connectivity index (χ1v) is 7.59. The molecule has 19 heavy (non-hydrogen) atoms. The van der Waals surface area contributed by atoms with Crippen LogP contribution in [0.4, 0.5) is 0 Å². The molecule has 2 nitrogen and oxygen atoms in total. The van der Waals surface area contributed by atoms with Crippen molar-refractivity contribution >= 4 is 24.1 Å². The van der Waals surface area contributed by atoms with Gasteiger partial charge in [-0.15, -0.1) is 0 Å². The Balaban J connectivity index is 2.07. The quantitative estimate of drug-likeness (QED) is 0.679. The molecule has 3 heteroatoms. The Morgan fingerprint density at radius 1 is 1.05 bits per heavy atom. The molecule has 0 aliphatic carbocycles. The molecule has 0 atom stereocenters. The molecule has 0 saturated heterocycles. The standard InChI is InChI=1S/C16H11NOSe/c1-18-14-7-6-13-8-15(19-16(13)9-14)12-4-2-11(10-17)3-5-12/h2-9H,1H3. The molecular formula is C16H11NOSe. The molecule has 2 aromatic carbocycles. The molecule has 0 unspecified atom stereocenters. The fourth-order valence-electron chi connectivity index (χ4n) is 1.99. The Kier molecular flexibility index (Phi) is 3.13. The monoisotopic (exact) mass is 313 g/mol. The predicted molar refractivity (Wildman–Crippen MR) is 77.6 cm³/mol. The third-order valence-corrected chi connectivity index (χ3v) is 5.43. The summed E-state index contributed by atoms with van der Waals surface area (Å²) < 4.78 is 7.96. The molecule has 0 N–H and O–H groups in total. The van der Waals surface area contributed by atoms with Crippen molar-refractivity contribution in [2.45, 2.75) is 0 Å². The average Bonchev–Trinajstić information content (AvgIpc) is 2.90. The van der Waals surface area contributed by atoms with Crippen molar-refractivity contribution in [3.63, 3.8) is 0 Å². The third kappa shape index (κ3) is 2.29. The molecule has 0 amide bonds. The van der Waals surface area contributed by atoms with E-state index in [1.165, 1.54) is 19.6 Å². The normalized spacial score (nSPS) is 10.3. The first kappa shape index (κ1) is 12.0. The van der Waals surface area contributed by atoms with Crippen LogP contribution < -0.4 is 4.74 Å². The first-order chi connectivity index (χ1) is 9.30. The van der Waals surface area contributed by atoms with Gasteiger partial charge in [0.25, 0.3) is 0 Å². The fraction of sp³-hybridized carbons (Fsp3) is 0.0625. The van der Waals surface area contributed by atoms with Crippen molar-refractivity contribution in [1.29, 1.82) is 5.26 Å². The van der Waals surface area contributed by atoms with E-state index in [2.05, 4.69) is 24.3 Å². The van der Waals surface area contributed by atoms with Crippen molar-refractivity contribution in [2.75, 3.05) is 7.11 Å². The summed E-state index contributed by atoms with van der Waals surface area (Å²) in [4.78, 5) is 0. The number of fused-ring (bicyclic) bond motifs is 1. The van der Waals surface area contributed by atoms with E-state index in [-0.39, 0.29) is 0 Å². The van der Waals surface area contributed by atoms with Crippen LogP contribution in [-0.2, 0) is 0 Å². The molecule has 3 rings (SSSR count). The van der Waals surface area contributed by atoms with Crippen molar-refractivity contribution < 1.29 is 4.74 Å². The van der Waals surface area contributed by atoms with Gasteiger partial charge in [0.15, 0.2) is 0 Å². The van der Waals surface area contributed by atoms with Gasteiger partial charge in [0.05, 0.1) is 0 Å². The average molecular weight is 312 g/mol. The van der Waals surface area contributed by atoms with Crippen molar-refractivity contribution in [2.24, 2.45) is 0 Å². The summed E-state index contributed by atoms with van der Waals surface area (Å²) >= 11 is 0.304. The summed E-state index contributed by atoms with van der Waals surface area (Å²) in [6.45, 7) is 0. The van der Waals surface area contributed by atoms with Gasteiger partial charge in [-0.25, -0.2) is 0 Å². The summed E-state index contributed by atoms with van der Waals surface area (Å²) in [5.74, 6) is 0.912. The van der Waals surface area contributed by atoms with Crippen LogP contribution in [0.2, 0.25) is 0 Å². The first-order valence-electron chi connectivity index (χ1n) is 5.88. The van der Waals surface area contributed by atoms with Crippen LogP contribution in [0.1, 0.15) is 5.56 Å². The number of nitriles is 1. The maximum absolute atomic E-state index is 8.82. The fourth-order valence-corrected chi connectivity index (χ4v) is 4.29. The molecule has 1 heterocycles. The van der Waals surface area contributed by atoms with Gasteiger partial charge in [-0.1, -0.05) is 0 Å². The molecule has 0 aliphatic rings. The summed E-state index contributed by atoms with van der Waals surface area (Å²) in [6, 6.07) is 18.4. The third-order valence-electron chi connectivity index (χ3n) is 3.03. The van der Waals surface area contributed by atoms with Gasteiger partial charge < -0.3 is 0 Å². The van der Waals surface area contributed by atoms with Crippen LogP contribution in [0.3, 0.4) is 0 Å². The van der Waals surface area contributed by atoms with Gasteiger partial charge in [-0.05, 0) is 0 Å². The van der Waals surface area contributed by atoms with Crippen LogP contribution in [0.15, 0.2) is 48.5 Å². The summed E-state index contributed by atoms with van der Waals surface area (Å²) in [7, 11) is 1.69. The molecule has 0 bridgehead atoms. The minimum atomic E-state index is 0.304. The zero-order valence-corrected chi connectivity index (χ0v) is 12.1. The Morgan fingerprint density at radius 3 is 2.53 bits per heavy atom. The second-order valence-corrected chi connectivity index (χ2v) is 6.48. The van der Waals surface area contributed by atoms with E-state index >= 15 is 0 Å². The van der Waals surface area contributed by atoms with Gasteiger partial charge in [0.1, 0.15) is 0 Å². The topological polar surface area (TPSA) is 33.0 Å². The Bertz CT molecular complexity index is 766. The van der Waals surface area contributed by atoms with Gasteiger partial charge in [-0.3, -0.25) is 0 Å². The van der Waals surface area contributed by atoms with Gasteiger partial charge >= 0.3 is 117 Å². The number of nitrogens with zero attached hydrogens (tertiary/aromatic N) is 1. The number of hydrogen-bond donors (Lipinski definition) is 0. The second kappa shape index (κ2) is 4.93. The summed E-state index contributed by atoms with van der Waals surface area (Å²) in [5.41, 5.74) is 1.91. The van der Waals surface area contributed by atoms with Crippen LogP contribution in [0, 0.1) is 11.3 Å². The molecule has 0 saturated carbocycles. The molecule has 0 radical (unpaired) electrons. The van der Waals surface area contributed by atoms with Crippen LogP contribution >= 0.6 is 0 Å². The number of ether oxygens (including phenoxy) is 1. The van der Waals surface area contributed by atoms with E-state index in [9.17, 15) is 0 Å². The Morgan fingerprint density at radius 2 is 1.84 bits per heavy atom. The van der Waals surface area contributed by atoms with Crippen molar-refractivity contribution in [3.05, 3.63) is 54.1 Å².